The van der Waals surface area contributed by atoms with E-state index >= 15 is 0 Å². The van der Waals surface area contributed by atoms with Gasteiger partial charge in [-0.25, -0.2) is 0 Å². The van der Waals surface area contributed by atoms with E-state index in [1.165, 1.54) is 0 Å². The molecule has 0 spiro atoms. The number of aromatic hydroxyl groups is 1. The van der Waals surface area contributed by atoms with Gasteiger partial charge in [0.25, 0.3) is 0 Å². The van der Waals surface area contributed by atoms with Crippen molar-refractivity contribution >= 4 is 27.5 Å². The Labute approximate surface area is 193 Å². The minimum absolute atomic E-state index is 0.0981. The van der Waals surface area contributed by atoms with Gasteiger partial charge in [-0.05, 0) is 48.3 Å². The molecule has 1 N–H and O–H groups in total. The molecule has 1 aromatic rings. The summed E-state index contributed by atoms with van der Waals surface area (Å²) < 4.78 is 0.827. The average molecular weight is 486 g/mol. The van der Waals surface area contributed by atoms with E-state index in [1.54, 1.807) is 12.1 Å². The lowest BCUT2D eigenvalue weighted by Crippen LogP contribution is -2.44. The van der Waals surface area contributed by atoms with Crippen molar-refractivity contribution in [1.29, 1.82) is 0 Å². The summed E-state index contributed by atoms with van der Waals surface area (Å²) in [7, 11) is 0. The number of benzene rings is 1. The van der Waals surface area contributed by atoms with Crippen molar-refractivity contribution in [3.05, 3.63) is 50.8 Å². The molecule has 0 atom stereocenters. The van der Waals surface area contributed by atoms with Crippen LogP contribution in [0.2, 0.25) is 0 Å². The highest BCUT2D eigenvalue weighted by Crippen LogP contribution is 2.55. The molecule has 4 nitrogen and oxygen atoms in total. The quantitative estimate of drug-likeness (QED) is 0.549. The number of ketones is 2. The SMILES string of the molecule is CCCN1C2=C(C(=O)CC(C)(C)C2)C(c2cc(Br)ccc2O)C2=C1CC(C)(C)CC2=O. The van der Waals surface area contributed by atoms with Crippen molar-refractivity contribution in [3.63, 3.8) is 0 Å². The van der Waals surface area contributed by atoms with Gasteiger partial charge in [-0.3, -0.25) is 9.59 Å². The Morgan fingerprint density at radius 3 is 1.97 bits per heavy atom. The van der Waals surface area contributed by atoms with E-state index in [4.69, 9.17) is 0 Å². The van der Waals surface area contributed by atoms with Crippen molar-refractivity contribution < 1.29 is 14.7 Å². The van der Waals surface area contributed by atoms with Crippen LogP contribution in [0.1, 0.15) is 78.2 Å². The Morgan fingerprint density at radius 1 is 0.968 bits per heavy atom. The van der Waals surface area contributed by atoms with E-state index in [0.29, 0.717) is 29.6 Å². The number of halogens is 1. The lowest BCUT2D eigenvalue weighted by molar-refractivity contribution is -0.119. The molecule has 0 amide bonds. The summed E-state index contributed by atoms with van der Waals surface area (Å²) in [5.74, 6) is -0.171. The highest BCUT2D eigenvalue weighted by atomic mass is 79.9. The van der Waals surface area contributed by atoms with Gasteiger partial charge < -0.3 is 10.0 Å². The van der Waals surface area contributed by atoms with Crippen LogP contribution in [0.25, 0.3) is 0 Å². The van der Waals surface area contributed by atoms with Crippen LogP contribution in [-0.2, 0) is 9.59 Å². The Kier molecular flexibility index (Phi) is 5.48. The summed E-state index contributed by atoms with van der Waals surface area (Å²) in [5, 5.41) is 10.8. The van der Waals surface area contributed by atoms with Gasteiger partial charge in [-0.2, -0.15) is 0 Å². The Bertz CT molecular complexity index is 977. The molecular weight excluding hydrogens is 454 g/mol. The molecule has 1 aromatic carbocycles. The molecule has 0 bridgehead atoms. The number of carbonyl (C=O) groups is 2. The van der Waals surface area contributed by atoms with Gasteiger partial charge in [-0.15, -0.1) is 0 Å². The Balaban J connectivity index is 2.03. The fraction of sp³-hybridized carbons (Fsp3) is 0.538. The molecule has 0 unspecified atom stereocenters. The molecule has 0 radical (unpaired) electrons. The van der Waals surface area contributed by atoms with Crippen LogP contribution in [0, 0.1) is 10.8 Å². The topological polar surface area (TPSA) is 57.6 Å². The zero-order chi connectivity index (χ0) is 22.7. The van der Waals surface area contributed by atoms with Crippen molar-refractivity contribution in [1.82, 2.24) is 4.90 Å². The molecule has 0 aromatic heterocycles. The number of nitrogens with zero attached hydrogens (tertiary/aromatic N) is 1. The van der Waals surface area contributed by atoms with Gasteiger partial charge in [0.2, 0.25) is 0 Å². The average Bonchev–Trinajstić information content (AvgIpc) is 2.63. The van der Waals surface area contributed by atoms with Gasteiger partial charge in [0.05, 0.1) is 0 Å². The Hall–Kier alpha value is -1.88. The highest BCUT2D eigenvalue weighted by Gasteiger charge is 2.49. The predicted octanol–water partition coefficient (Wildman–Crippen LogP) is 6.25. The third-order valence-electron chi connectivity index (χ3n) is 6.77. The standard InChI is InChI=1S/C26H32BrNO3/c1-6-9-28-17-11-25(2,3)13-20(30)23(17)22(16-10-15(27)7-8-19(16)29)24-18(28)12-26(4,5)14-21(24)31/h7-8,10,22,29H,6,9,11-14H2,1-5H3. The maximum atomic E-state index is 13.6. The number of rotatable bonds is 3. The first-order chi connectivity index (χ1) is 14.4. The van der Waals surface area contributed by atoms with E-state index in [2.05, 4.69) is 55.4 Å². The minimum Gasteiger partial charge on any atom is -0.508 e. The number of allylic oxidation sites excluding steroid dienone is 4. The Morgan fingerprint density at radius 2 is 1.48 bits per heavy atom. The second-order valence-corrected chi connectivity index (χ2v) is 11.8. The van der Waals surface area contributed by atoms with Crippen LogP contribution in [0.15, 0.2) is 45.2 Å². The maximum Gasteiger partial charge on any atom is 0.162 e. The maximum absolute atomic E-state index is 13.6. The number of phenols is 1. The van der Waals surface area contributed by atoms with Gasteiger partial charge in [-0.1, -0.05) is 50.5 Å². The second kappa shape index (κ2) is 7.61. The number of carbonyl (C=O) groups excluding carboxylic acids is 2. The van der Waals surface area contributed by atoms with Gasteiger partial charge in [0, 0.05) is 57.9 Å². The molecule has 4 rings (SSSR count). The lowest BCUT2D eigenvalue weighted by Gasteiger charge is -2.49. The predicted molar refractivity (Wildman–Crippen MR) is 126 cm³/mol. The van der Waals surface area contributed by atoms with Crippen LogP contribution >= 0.6 is 15.9 Å². The molecule has 5 heteroatoms. The summed E-state index contributed by atoms with van der Waals surface area (Å²) in [6.07, 6.45) is 3.44. The van der Waals surface area contributed by atoms with Crippen molar-refractivity contribution in [3.8, 4) is 5.75 Å². The monoisotopic (exact) mass is 485 g/mol. The van der Waals surface area contributed by atoms with E-state index in [1.807, 2.05) is 6.07 Å². The largest absolute Gasteiger partial charge is 0.508 e. The van der Waals surface area contributed by atoms with Crippen LogP contribution in [0.4, 0.5) is 0 Å². The van der Waals surface area contributed by atoms with E-state index in [0.717, 1.165) is 41.7 Å². The fourth-order valence-corrected chi connectivity index (χ4v) is 5.99. The zero-order valence-corrected chi connectivity index (χ0v) is 20.7. The van der Waals surface area contributed by atoms with Crippen molar-refractivity contribution in [2.75, 3.05) is 6.54 Å². The molecule has 3 aliphatic rings. The normalized spacial score (nSPS) is 23.2. The third-order valence-corrected chi connectivity index (χ3v) is 7.26. The van der Waals surface area contributed by atoms with Gasteiger partial charge >= 0.3 is 0 Å². The number of phenolic OH excluding ortho intramolecular Hbond substituents is 1. The third kappa shape index (κ3) is 3.90. The van der Waals surface area contributed by atoms with Crippen LogP contribution in [-0.4, -0.2) is 28.1 Å². The van der Waals surface area contributed by atoms with Crippen LogP contribution in [0.3, 0.4) is 0 Å². The highest BCUT2D eigenvalue weighted by molar-refractivity contribution is 9.10. The summed E-state index contributed by atoms with van der Waals surface area (Å²) in [6.45, 7) is 11.5. The fourth-order valence-electron chi connectivity index (χ4n) is 5.61. The second-order valence-electron chi connectivity index (χ2n) is 10.9. The van der Waals surface area contributed by atoms with E-state index < -0.39 is 5.92 Å². The molecule has 2 aliphatic carbocycles. The molecular formula is C26H32BrNO3. The van der Waals surface area contributed by atoms with E-state index in [9.17, 15) is 14.7 Å². The number of hydrogen-bond donors (Lipinski definition) is 1. The van der Waals surface area contributed by atoms with Crippen LogP contribution in [0.5, 0.6) is 5.75 Å². The first-order valence-corrected chi connectivity index (χ1v) is 12.0. The number of Topliss-reactive ketones (excluding diaryl/α,β-unsaturated/α-hetero) is 2. The van der Waals surface area contributed by atoms with Crippen molar-refractivity contribution in [2.45, 2.75) is 72.6 Å². The first kappa shape index (κ1) is 22.3. The summed E-state index contributed by atoms with van der Waals surface area (Å²) in [5.41, 5.74) is 3.93. The zero-order valence-electron chi connectivity index (χ0n) is 19.1. The van der Waals surface area contributed by atoms with Gasteiger partial charge in [0.15, 0.2) is 11.6 Å². The summed E-state index contributed by atoms with van der Waals surface area (Å²) >= 11 is 3.52. The summed E-state index contributed by atoms with van der Waals surface area (Å²) in [6, 6.07) is 5.30. The minimum atomic E-state index is -0.497. The molecule has 31 heavy (non-hydrogen) atoms. The number of hydrogen-bond acceptors (Lipinski definition) is 4. The summed E-state index contributed by atoms with van der Waals surface area (Å²) in [4.78, 5) is 29.4. The van der Waals surface area contributed by atoms with Crippen LogP contribution < -0.4 is 0 Å². The molecule has 1 heterocycles. The smallest absolute Gasteiger partial charge is 0.162 e. The van der Waals surface area contributed by atoms with Crippen molar-refractivity contribution in [2.24, 2.45) is 10.8 Å². The first-order valence-electron chi connectivity index (χ1n) is 11.2. The lowest BCUT2D eigenvalue weighted by atomic mass is 9.63. The molecule has 0 fully saturated rings. The molecule has 0 saturated carbocycles. The van der Waals surface area contributed by atoms with E-state index in [-0.39, 0.29) is 28.1 Å². The van der Waals surface area contributed by atoms with Gasteiger partial charge in [0.1, 0.15) is 5.75 Å². The molecule has 1 aliphatic heterocycles. The molecule has 166 valence electrons. The molecule has 0 saturated heterocycles.